The van der Waals surface area contributed by atoms with E-state index in [2.05, 4.69) is 78.2 Å². The average Bonchev–Trinajstić information content (AvgIpc) is 3.09. The van der Waals surface area contributed by atoms with E-state index in [0.29, 0.717) is 6.54 Å². The van der Waals surface area contributed by atoms with Crippen molar-refractivity contribution in [2.45, 2.75) is 63.1 Å². The van der Waals surface area contributed by atoms with Gasteiger partial charge in [0.05, 0.1) is 12.6 Å². The molecule has 1 saturated heterocycles. The third-order valence-corrected chi connectivity index (χ3v) is 8.00. The molecule has 2 aromatic rings. The first-order valence-corrected chi connectivity index (χ1v) is 12.4. The van der Waals surface area contributed by atoms with Gasteiger partial charge in [0.25, 0.3) is 0 Å². The van der Waals surface area contributed by atoms with Crippen LogP contribution in [0.3, 0.4) is 0 Å². The fourth-order valence-electron chi connectivity index (χ4n) is 5.91. The fraction of sp³-hybridized carbons (Fsp3) is 0.536. The highest BCUT2D eigenvalue weighted by Gasteiger charge is 2.54. The van der Waals surface area contributed by atoms with Crippen LogP contribution in [0.15, 0.2) is 54.6 Å². The molecule has 0 bridgehead atoms. The normalized spacial score (nSPS) is 25.3. The van der Waals surface area contributed by atoms with Crippen LogP contribution in [0.25, 0.3) is 0 Å². The van der Waals surface area contributed by atoms with Crippen LogP contribution in [0.4, 0.5) is 4.79 Å². The predicted molar refractivity (Wildman–Crippen MR) is 133 cm³/mol. The van der Waals surface area contributed by atoms with E-state index in [1.54, 1.807) is 7.11 Å². The second kappa shape index (κ2) is 9.76. The van der Waals surface area contributed by atoms with E-state index in [1.165, 1.54) is 5.56 Å². The lowest BCUT2D eigenvalue weighted by atomic mass is 9.68. The Bertz CT molecular complexity index is 918. The number of ether oxygens (including phenoxy) is 1. The molecule has 2 aromatic carbocycles. The van der Waals surface area contributed by atoms with E-state index in [1.807, 2.05) is 12.1 Å². The molecule has 33 heavy (non-hydrogen) atoms. The zero-order chi connectivity index (χ0) is 23.5. The van der Waals surface area contributed by atoms with Gasteiger partial charge < -0.3 is 14.5 Å². The van der Waals surface area contributed by atoms with Crippen LogP contribution < -0.4 is 4.74 Å². The molecule has 0 radical (unpaired) electrons. The quantitative estimate of drug-likeness (QED) is 0.534. The first kappa shape index (κ1) is 23.6. The van der Waals surface area contributed by atoms with Crippen molar-refractivity contribution in [1.29, 1.82) is 0 Å². The molecule has 2 aliphatic rings. The third kappa shape index (κ3) is 4.48. The molecule has 178 valence electrons. The zero-order valence-electron chi connectivity index (χ0n) is 20.7. The topological polar surface area (TPSA) is 36.0 Å². The Morgan fingerprint density at radius 1 is 0.970 bits per heavy atom. The van der Waals surface area contributed by atoms with Crippen LogP contribution in [0.1, 0.15) is 56.6 Å². The van der Waals surface area contributed by atoms with Gasteiger partial charge in [-0.3, -0.25) is 4.90 Å². The molecule has 5 heteroatoms. The number of nitrogens with zero attached hydrogens (tertiary/aromatic N) is 3. The Labute approximate surface area is 199 Å². The standard InChI is InChI=1S/C28H39N3O2/c1-5-6-20-31-26(32)30(21-23-12-14-25(33-4)15-13-23)22-27(31)16-18-28(19-17-27,29(2)3)24-10-8-7-9-11-24/h7-15H,5-6,16-22H2,1-4H3. The van der Waals surface area contributed by atoms with Crippen LogP contribution >= 0.6 is 0 Å². The summed E-state index contributed by atoms with van der Waals surface area (Å²) in [7, 11) is 6.09. The second-order valence-corrected chi connectivity index (χ2v) is 10.0. The van der Waals surface area contributed by atoms with Gasteiger partial charge >= 0.3 is 6.03 Å². The third-order valence-electron chi connectivity index (χ3n) is 8.00. The van der Waals surface area contributed by atoms with Gasteiger partial charge in [0.1, 0.15) is 5.75 Å². The van der Waals surface area contributed by atoms with E-state index in [9.17, 15) is 4.79 Å². The summed E-state index contributed by atoms with van der Waals surface area (Å²) < 4.78 is 5.29. The van der Waals surface area contributed by atoms with Gasteiger partial charge in [-0.15, -0.1) is 0 Å². The number of rotatable bonds is 8. The molecule has 1 heterocycles. The van der Waals surface area contributed by atoms with Gasteiger partial charge in [-0.2, -0.15) is 0 Å². The molecule has 0 atom stereocenters. The first-order chi connectivity index (χ1) is 15.9. The maximum atomic E-state index is 13.6. The summed E-state index contributed by atoms with van der Waals surface area (Å²) in [5.74, 6) is 0.848. The van der Waals surface area contributed by atoms with E-state index in [-0.39, 0.29) is 17.1 Å². The van der Waals surface area contributed by atoms with Gasteiger partial charge in [-0.25, -0.2) is 4.79 Å². The van der Waals surface area contributed by atoms with Crippen LogP contribution in [0, 0.1) is 0 Å². The lowest BCUT2D eigenvalue weighted by Crippen LogP contribution is -2.55. The largest absolute Gasteiger partial charge is 0.497 e. The minimum absolute atomic E-state index is 0.0371. The van der Waals surface area contributed by atoms with Gasteiger partial charge in [0.15, 0.2) is 0 Å². The van der Waals surface area contributed by atoms with E-state index in [4.69, 9.17) is 4.74 Å². The SMILES string of the molecule is CCCCN1C(=O)N(Cc2ccc(OC)cc2)CC12CCC(c1ccccc1)(N(C)C)CC2. The van der Waals surface area contributed by atoms with Crippen molar-refractivity contribution in [2.75, 3.05) is 34.3 Å². The molecule has 1 spiro atoms. The fourth-order valence-corrected chi connectivity index (χ4v) is 5.91. The molecular formula is C28H39N3O2. The minimum Gasteiger partial charge on any atom is -0.497 e. The number of unbranched alkanes of at least 4 members (excludes halogenated alkanes) is 1. The number of amides is 2. The average molecular weight is 450 g/mol. The number of urea groups is 1. The zero-order valence-corrected chi connectivity index (χ0v) is 20.7. The number of hydrogen-bond acceptors (Lipinski definition) is 3. The lowest BCUT2D eigenvalue weighted by molar-refractivity contribution is 0.0242. The highest BCUT2D eigenvalue weighted by molar-refractivity contribution is 5.78. The Balaban J connectivity index is 1.56. The smallest absolute Gasteiger partial charge is 0.320 e. The summed E-state index contributed by atoms with van der Waals surface area (Å²) >= 11 is 0. The Morgan fingerprint density at radius 2 is 1.64 bits per heavy atom. The van der Waals surface area contributed by atoms with Crippen LogP contribution in [0.2, 0.25) is 0 Å². The first-order valence-electron chi connectivity index (χ1n) is 12.4. The van der Waals surface area contributed by atoms with Gasteiger partial charge in [0.2, 0.25) is 0 Å². The van der Waals surface area contributed by atoms with E-state index in [0.717, 1.165) is 62.9 Å². The number of carbonyl (C=O) groups is 1. The summed E-state index contributed by atoms with van der Waals surface area (Å²) in [6.07, 6.45) is 6.36. The Kier molecular flexibility index (Phi) is 6.99. The molecule has 1 aliphatic carbocycles. The van der Waals surface area contributed by atoms with Gasteiger partial charge in [-0.05, 0) is 69.5 Å². The van der Waals surface area contributed by atoms with Crippen molar-refractivity contribution < 1.29 is 9.53 Å². The van der Waals surface area contributed by atoms with Crippen molar-refractivity contribution in [3.63, 3.8) is 0 Å². The monoisotopic (exact) mass is 449 g/mol. The molecule has 5 nitrogen and oxygen atoms in total. The van der Waals surface area contributed by atoms with Crippen LogP contribution in [-0.4, -0.2) is 60.6 Å². The number of hydrogen-bond donors (Lipinski definition) is 0. The van der Waals surface area contributed by atoms with Gasteiger partial charge in [0, 0.05) is 25.2 Å². The molecule has 0 unspecified atom stereocenters. The summed E-state index contributed by atoms with van der Waals surface area (Å²) in [6, 6.07) is 19.2. The van der Waals surface area contributed by atoms with Gasteiger partial charge in [-0.1, -0.05) is 55.8 Å². The summed E-state index contributed by atoms with van der Waals surface area (Å²) in [5, 5.41) is 0. The number of methoxy groups -OCH3 is 1. The maximum Gasteiger partial charge on any atom is 0.320 e. The maximum absolute atomic E-state index is 13.6. The summed E-state index contributed by atoms with van der Waals surface area (Å²) in [6.45, 7) is 4.54. The molecule has 1 aliphatic heterocycles. The van der Waals surface area contributed by atoms with E-state index >= 15 is 0 Å². The highest BCUT2D eigenvalue weighted by atomic mass is 16.5. The molecule has 0 N–H and O–H groups in total. The number of carbonyl (C=O) groups excluding carboxylic acids is 1. The molecule has 1 saturated carbocycles. The molecule has 2 fully saturated rings. The van der Waals surface area contributed by atoms with Crippen molar-refractivity contribution in [2.24, 2.45) is 0 Å². The Hall–Kier alpha value is -2.53. The minimum atomic E-state index is -0.0625. The van der Waals surface area contributed by atoms with E-state index < -0.39 is 0 Å². The molecular weight excluding hydrogens is 410 g/mol. The molecule has 2 amide bonds. The van der Waals surface area contributed by atoms with Crippen molar-refractivity contribution >= 4 is 6.03 Å². The van der Waals surface area contributed by atoms with Crippen LogP contribution in [0.5, 0.6) is 5.75 Å². The van der Waals surface area contributed by atoms with Crippen molar-refractivity contribution in [1.82, 2.24) is 14.7 Å². The molecule has 0 aromatic heterocycles. The second-order valence-electron chi connectivity index (χ2n) is 10.0. The highest BCUT2D eigenvalue weighted by Crippen LogP contribution is 2.49. The van der Waals surface area contributed by atoms with Crippen molar-refractivity contribution in [3.05, 3.63) is 65.7 Å². The van der Waals surface area contributed by atoms with Crippen LogP contribution in [-0.2, 0) is 12.1 Å². The Morgan fingerprint density at radius 3 is 2.21 bits per heavy atom. The molecule has 4 rings (SSSR count). The summed E-state index contributed by atoms with van der Waals surface area (Å²) in [4.78, 5) is 20.3. The lowest BCUT2D eigenvalue weighted by Gasteiger charge is -2.51. The van der Waals surface area contributed by atoms with Crippen molar-refractivity contribution in [3.8, 4) is 5.75 Å². The summed E-state index contributed by atoms with van der Waals surface area (Å²) in [5.41, 5.74) is 2.52. The predicted octanol–water partition coefficient (Wildman–Crippen LogP) is 5.50. The number of benzene rings is 2.